The molecule has 102 valence electrons. The molecule has 19 heavy (non-hydrogen) atoms. The molecule has 1 atom stereocenters. The normalized spacial score (nSPS) is 18.3. The molecular weight excluding hydrogens is 324 g/mol. The van der Waals surface area contributed by atoms with Gasteiger partial charge in [0.15, 0.2) is 5.82 Å². The van der Waals surface area contributed by atoms with Crippen LogP contribution >= 0.6 is 15.9 Å². The van der Waals surface area contributed by atoms with Crippen molar-refractivity contribution in [3.05, 3.63) is 28.2 Å². The summed E-state index contributed by atoms with van der Waals surface area (Å²) in [6.07, 6.45) is 0.196. The van der Waals surface area contributed by atoms with Gasteiger partial charge in [0.2, 0.25) is 5.91 Å². The van der Waals surface area contributed by atoms with E-state index in [4.69, 9.17) is 4.74 Å². The summed E-state index contributed by atoms with van der Waals surface area (Å²) in [5, 5.41) is 2.28. The summed E-state index contributed by atoms with van der Waals surface area (Å²) in [6.45, 7) is 0.182. The van der Waals surface area contributed by atoms with Crippen molar-refractivity contribution in [2.24, 2.45) is 5.92 Å². The van der Waals surface area contributed by atoms with E-state index in [1.165, 1.54) is 0 Å². The molecule has 1 aromatic carbocycles. The number of ether oxygens (including phenoxy) is 1. The van der Waals surface area contributed by atoms with Crippen LogP contribution in [0.3, 0.4) is 0 Å². The number of carbonyl (C=O) groups excluding carboxylic acids is 2. The predicted octanol–water partition coefficient (Wildman–Crippen LogP) is 2.62. The quantitative estimate of drug-likeness (QED) is 0.683. The highest BCUT2D eigenvalue weighted by atomic mass is 79.9. The smallest absolute Gasteiger partial charge is 0.306 e. The summed E-state index contributed by atoms with van der Waals surface area (Å²) >= 11 is 2.85. The van der Waals surface area contributed by atoms with E-state index in [1.807, 2.05) is 0 Å². The standard InChI is InChI=1S/C12H10BrF2NO3/c13-8-3-7(14)4-9(12(8)15)16-10(17)1-6-2-11(18)19-5-6/h3-4,6H,1-2,5H2,(H,16,17). The Labute approximate surface area is 116 Å². The lowest BCUT2D eigenvalue weighted by Gasteiger charge is -2.09. The minimum absolute atomic E-state index is 0.0271. The van der Waals surface area contributed by atoms with Crippen molar-refractivity contribution in [2.45, 2.75) is 12.8 Å². The van der Waals surface area contributed by atoms with Gasteiger partial charge in [0.1, 0.15) is 5.82 Å². The Kier molecular flexibility index (Phi) is 4.14. The van der Waals surface area contributed by atoms with Gasteiger partial charge in [-0.05, 0) is 22.0 Å². The maximum atomic E-state index is 13.6. The summed E-state index contributed by atoms with van der Waals surface area (Å²) < 4.78 is 31.4. The lowest BCUT2D eigenvalue weighted by Crippen LogP contribution is -2.17. The fourth-order valence-electron chi connectivity index (χ4n) is 1.81. The molecule has 4 nitrogen and oxygen atoms in total. The molecule has 1 unspecified atom stereocenters. The van der Waals surface area contributed by atoms with Crippen molar-refractivity contribution < 1.29 is 23.1 Å². The number of carbonyl (C=O) groups is 2. The molecule has 1 aromatic rings. The Bertz CT molecular complexity index is 536. The van der Waals surface area contributed by atoms with E-state index in [0.717, 1.165) is 12.1 Å². The van der Waals surface area contributed by atoms with Crippen LogP contribution in [-0.2, 0) is 14.3 Å². The van der Waals surface area contributed by atoms with E-state index in [1.54, 1.807) is 0 Å². The maximum Gasteiger partial charge on any atom is 0.306 e. The van der Waals surface area contributed by atoms with Crippen molar-refractivity contribution in [3.8, 4) is 0 Å². The fourth-order valence-corrected chi connectivity index (χ4v) is 2.24. The van der Waals surface area contributed by atoms with E-state index in [2.05, 4.69) is 21.2 Å². The molecule has 7 heteroatoms. The van der Waals surface area contributed by atoms with Crippen LogP contribution in [0.1, 0.15) is 12.8 Å². The first-order valence-corrected chi connectivity index (χ1v) is 6.35. The van der Waals surface area contributed by atoms with E-state index >= 15 is 0 Å². The number of rotatable bonds is 3. The molecule has 0 aromatic heterocycles. The second-order valence-corrected chi connectivity index (χ2v) is 5.11. The van der Waals surface area contributed by atoms with Gasteiger partial charge in [0.25, 0.3) is 0 Å². The van der Waals surface area contributed by atoms with Gasteiger partial charge in [-0.15, -0.1) is 0 Å². The van der Waals surface area contributed by atoms with Crippen molar-refractivity contribution in [1.82, 2.24) is 0 Å². The number of hydrogen-bond acceptors (Lipinski definition) is 3. The summed E-state index contributed by atoms with van der Waals surface area (Å²) in [7, 11) is 0. The van der Waals surface area contributed by atoms with E-state index < -0.39 is 17.5 Å². The largest absolute Gasteiger partial charge is 0.465 e. The molecule has 0 radical (unpaired) electrons. The van der Waals surface area contributed by atoms with Crippen molar-refractivity contribution >= 4 is 33.5 Å². The van der Waals surface area contributed by atoms with Gasteiger partial charge in [-0.25, -0.2) is 8.78 Å². The van der Waals surface area contributed by atoms with Gasteiger partial charge in [0.05, 0.1) is 23.2 Å². The van der Waals surface area contributed by atoms with Crippen LogP contribution in [0.15, 0.2) is 16.6 Å². The zero-order chi connectivity index (χ0) is 14.0. The average Bonchev–Trinajstić information content (AvgIpc) is 2.70. The molecule has 1 saturated heterocycles. The topological polar surface area (TPSA) is 55.4 Å². The van der Waals surface area contributed by atoms with Crippen molar-refractivity contribution in [2.75, 3.05) is 11.9 Å². The number of halogens is 3. The highest BCUT2D eigenvalue weighted by Gasteiger charge is 2.26. The predicted molar refractivity (Wildman–Crippen MR) is 66.4 cm³/mol. The molecule has 1 N–H and O–H groups in total. The monoisotopic (exact) mass is 333 g/mol. The lowest BCUT2D eigenvalue weighted by molar-refractivity contribution is -0.138. The molecule has 0 spiro atoms. The third-order valence-corrected chi connectivity index (χ3v) is 3.25. The summed E-state index contributed by atoms with van der Waals surface area (Å²) in [6, 6.07) is 1.86. The van der Waals surface area contributed by atoms with Crippen LogP contribution < -0.4 is 5.32 Å². The number of hydrogen-bond donors (Lipinski definition) is 1. The van der Waals surface area contributed by atoms with Crippen LogP contribution in [-0.4, -0.2) is 18.5 Å². The minimum atomic E-state index is -0.742. The molecule has 1 fully saturated rings. The Hall–Kier alpha value is -1.50. The Morgan fingerprint density at radius 2 is 2.21 bits per heavy atom. The third kappa shape index (κ3) is 3.50. The van der Waals surface area contributed by atoms with E-state index in [0.29, 0.717) is 0 Å². The summed E-state index contributed by atoms with van der Waals surface area (Å²) in [5.74, 6) is -2.46. The molecule has 1 aliphatic rings. The van der Waals surface area contributed by atoms with Gasteiger partial charge in [0, 0.05) is 18.4 Å². The Balaban J connectivity index is 2.01. The number of benzene rings is 1. The van der Waals surface area contributed by atoms with Crippen molar-refractivity contribution in [3.63, 3.8) is 0 Å². The second-order valence-electron chi connectivity index (χ2n) is 4.25. The van der Waals surface area contributed by atoms with Crippen LogP contribution in [0.25, 0.3) is 0 Å². The zero-order valence-electron chi connectivity index (χ0n) is 9.71. The third-order valence-electron chi connectivity index (χ3n) is 2.68. The first-order chi connectivity index (χ1) is 8.95. The second kappa shape index (κ2) is 5.64. The number of anilines is 1. The van der Waals surface area contributed by atoms with Crippen molar-refractivity contribution in [1.29, 1.82) is 0 Å². The van der Waals surface area contributed by atoms with E-state index in [9.17, 15) is 18.4 Å². The average molecular weight is 334 g/mol. The first kappa shape index (κ1) is 13.9. The van der Waals surface area contributed by atoms with Crippen LogP contribution in [0.5, 0.6) is 0 Å². The van der Waals surface area contributed by atoms with Crippen LogP contribution in [0, 0.1) is 17.6 Å². The highest BCUT2D eigenvalue weighted by Crippen LogP contribution is 2.25. The Morgan fingerprint density at radius 1 is 1.47 bits per heavy atom. The number of nitrogens with one attached hydrogen (secondary N) is 1. The molecule has 1 amide bonds. The highest BCUT2D eigenvalue weighted by molar-refractivity contribution is 9.10. The minimum Gasteiger partial charge on any atom is -0.465 e. The summed E-state index contributed by atoms with van der Waals surface area (Å²) in [5.41, 5.74) is -0.234. The van der Waals surface area contributed by atoms with Crippen LogP contribution in [0.2, 0.25) is 0 Å². The maximum absolute atomic E-state index is 13.6. The summed E-state index contributed by atoms with van der Waals surface area (Å²) in [4.78, 5) is 22.5. The van der Waals surface area contributed by atoms with E-state index in [-0.39, 0.29) is 41.5 Å². The van der Waals surface area contributed by atoms with Crippen LogP contribution in [0.4, 0.5) is 14.5 Å². The number of esters is 1. The Morgan fingerprint density at radius 3 is 2.84 bits per heavy atom. The lowest BCUT2D eigenvalue weighted by atomic mass is 10.0. The molecule has 1 heterocycles. The van der Waals surface area contributed by atoms with Gasteiger partial charge in [-0.1, -0.05) is 0 Å². The molecule has 2 rings (SSSR count). The number of amides is 1. The fraction of sp³-hybridized carbons (Fsp3) is 0.333. The molecule has 0 saturated carbocycles. The molecular formula is C12H10BrF2NO3. The van der Waals surface area contributed by atoms with Gasteiger partial charge in [-0.3, -0.25) is 9.59 Å². The van der Waals surface area contributed by atoms with Gasteiger partial charge in [-0.2, -0.15) is 0 Å². The van der Waals surface area contributed by atoms with Gasteiger partial charge < -0.3 is 10.1 Å². The molecule has 1 aliphatic heterocycles. The zero-order valence-corrected chi connectivity index (χ0v) is 11.3. The first-order valence-electron chi connectivity index (χ1n) is 5.55. The SMILES string of the molecule is O=C(CC1COC(=O)C1)Nc1cc(F)cc(Br)c1F. The molecule has 0 bridgehead atoms. The number of cyclic esters (lactones) is 1. The van der Waals surface area contributed by atoms with Gasteiger partial charge >= 0.3 is 5.97 Å². The molecule has 0 aliphatic carbocycles.